The van der Waals surface area contributed by atoms with Crippen molar-refractivity contribution in [2.24, 2.45) is 0 Å². The number of pyridine rings is 1. The van der Waals surface area contributed by atoms with Crippen molar-refractivity contribution in [2.75, 3.05) is 23.8 Å². The van der Waals surface area contributed by atoms with Gasteiger partial charge < -0.3 is 10.2 Å². The van der Waals surface area contributed by atoms with Gasteiger partial charge in [-0.05, 0) is 51.5 Å². The van der Waals surface area contributed by atoms with Gasteiger partial charge in [-0.2, -0.15) is 0 Å². The van der Waals surface area contributed by atoms with E-state index in [0.717, 1.165) is 31.1 Å². The molecule has 0 aliphatic rings. The zero-order chi connectivity index (χ0) is 13.7. The summed E-state index contributed by atoms with van der Waals surface area (Å²) in [5.74, 6) is 1.93. The van der Waals surface area contributed by atoms with Crippen LogP contribution in [0, 0.1) is 0 Å². The van der Waals surface area contributed by atoms with Gasteiger partial charge in [0, 0.05) is 20.1 Å². The van der Waals surface area contributed by atoms with E-state index in [1.807, 2.05) is 18.2 Å². The lowest BCUT2D eigenvalue weighted by molar-refractivity contribution is 0.897. The first-order chi connectivity index (χ1) is 9.19. The molecule has 3 nitrogen and oxygen atoms in total. The van der Waals surface area contributed by atoms with Gasteiger partial charge in [-0.15, -0.1) is 11.3 Å². The highest BCUT2D eigenvalue weighted by molar-refractivity contribution is 9.11. The van der Waals surface area contributed by atoms with Gasteiger partial charge in [0.2, 0.25) is 0 Å². The SMILES string of the molecule is CCCNc1cccc(N(C)Cc2csc(Br)c2)n1. The smallest absolute Gasteiger partial charge is 0.130 e. The maximum Gasteiger partial charge on any atom is 0.130 e. The van der Waals surface area contributed by atoms with Crippen molar-refractivity contribution in [3.8, 4) is 0 Å². The summed E-state index contributed by atoms with van der Waals surface area (Å²) in [7, 11) is 2.07. The molecule has 0 aliphatic heterocycles. The number of nitrogens with one attached hydrogen (secondary N) is 1. The number of hydrogen-bond donors (Lipinski definition) is 1. The molecule has 0 fully saturated rings. The summed E-state index contributed by atoms with van der Waals surface area (Å²) >= 11 is 5.21. The Balaban J connectivity index is 2.03. The van der Waals surface area contributed by atoms with E-state index in [1.54, 1.807) is 11.3 Å². The normalized spacial score (nSPS) is 10.5. The topological polar surface area (TPSA) is 28.2 Å². The standard InChI is InChI=1S/C14H18BrN3S/c1-3-7-16-13-5-4-6-14(17-13)18(2)9-11-8-12(15)19-10-11/h4-6,8,10H,3,7,9H2,1-2H3,(H,16,17). The van der Waals surface area contributed by atoms with E-state index in [4.69, 9.17) is 0 Å². The molecule has 2 rings (SSSR count). The van der Waals surface area contributed by atoms with Crippen LogP contribution in [-0.4, -0.2) is 18.6 Å². The van der Waals surface area contributed by atoms with Gasteiger partial charge >= 0.3 is 0 Å². The number of rotatable bonds is 6. The van der Waals surface area contributed by atoms with Gasteiger partial charge in [0.05, 0.1) is 3.79 Å². The number of aromatic nitrogens is 1. The molecular formula is C14H18BrN3S. The summed E-state index contributed by atoms with van der Waals surface area (Å²) in [6.07, 6.45) is 1.10. The van der Waals surface area contributed by atoms with Crippen molar-refractivity contribution < 1.29 is 0 Å². The lowest BCUT2D eigenvalue weighted by Crippen LogP contribution is -2.17. The van der Waals surface area contributed by atoms with Crippen molar-refractivity contribution in [2.45, 2.75) is 19.9 Å². The number of nitrogens with zero attached hydrogens (tertiary/aromatic N) is 2. The summed E-state index contributed by atoms with van der Waals surface area (Å²) in [5, 5.41) is 5.48. The Labute approximate surface area is 126 Å². The van der Waals surface area contributed by atoms with Crippen LogP contribution in [0.4, 0.5) is 11.6 Å². The summed E-state index contributed by atoms with van der Waals surface area (Å²) in [5.41, 5.74) is 1.30. The average molecular weight is 340 g/mol. The average Bonchev–Trinajstić information content (AvgIpc) is 2.82. The third-order valence-electron chi connectivity index (χ3n) is 2.72. The predicted molar refractivity (Wildman–Crippen MR) is 87.1 cm³/mol. The molecule has 0 saturated heterocycles. The second kappa shape index (κ2) is 6.91. The fourth-order valence-electron chi connectivity index (χ4n) is 1.77. The molecule has 19 heavy (non-hydrogen) atoms. The maximum absolute atomic E-state index is 4.62. The molecule has 102 valence electrons. The molecule has 0 amide bonds. The lowest BCUT2D eigenvalue weighted by atomic mass is 10.3. The Bertz CT molecular complexity index is 527. The van der Waals surface area contributed by atoms with Crippen LogP contribution in [0.15, 0.2) is 33.4 Å². The van der Waals surface area contributed by atoms with Gasteiger partial charge in [0.1, 0.15) is 11.6 Å². The molecular weight excluding hydrogens is 322 g/mol. The number of halogens is 1. The van der Waals surface area contributed by atoms with E-state index in [9.17, 15) is 0 Å². The third kappa shape index (κ3) is 4.21. The van der Waals surface area contributed by atoms with E-state index in [1.165, 1.54) is 9.35 Å². The number of thiophene rings is 1. The fourth-order valence-corrected chi connectivity index (χ4v) is 2.97. The minimum atomic E-state index is 0.867. The van der Waals surface area contributed by atoms with Crippen LogP contribution in [0.5, 0.6) is 0 Å². The summed E-state index contributed by atoms with van der Waals surface area (Å²) in [4.78, 5) is 6.78. The predicted octanol–water partition coefficient (Wildman–Crippen LogP) is 4.36. The van der Waals surface area contributed by atoms with Gasteiger partial charge in [-0.25, -0.2) is 4.98 Å². The largest absolute Gasteiger partial charge is 0.370 e. The monoisotopic (exact) mass is 339 g/mol. The van der Waals surface area contributed by atoms with Gasteiger partial charge in [-0.3, -0.25) is 0 Å². The van der Waals surface area contributed by atoms with Crippen molar-refractivity contribution in [3.63, 3.8) is 0 Å². The van der Waals surface area contributed by atoms with Crippen LogP contribution in [0.25, 0.3) is 0 Å². The van der Waals surface area contributed by atoms with E-state index in [2.05, 4.69) is 56.5 Å². The molecule has 0 aromatic carbocycles. The zero-order valence-electron chi connectivity index (χ0n) is 11.2. The first kappa shape index (κ1) is 14.3. The number of hydrogen-bond acceptors (Lipinski definition) is 4. The van der Waals surface area contributed by atoms with Crippen molar-refractivity contribution >= 4 is 38.9 Å². The molecule has 0 radical (unpaired) electrons. The van der Waals surface area contributed by atoms with E-state index < -0.39 is 0 Å². The lowest BCUT2D eigenvalue weighted by Gasteiger charge is -2.18. The Morgan fingerprint density at radius 1 is 1.42 bits per heavy atom. The highest BCUT2D eigenvalue weighted by atomic mass is 79.9. The molecule has 0 saturated carbocycles. The molecule has 0 bridgehead atoms. The molecule has 2 aromatic heterocycles. The Morgan fingerprint density at radius 3 is 2.95 bits per heavy atom. The molecule has 0 unspecified atom stereocenters. The van der Waals surface area contributed by atoms with Crippen LogP contribution in [-0.2, 0) is 6.54 Å². The first-order valence-electron chi connectivity index (χ1n) is 6.34. The highest BCUT2D eigenvalue weighted by Crippen LogP contribution is 2.23. The molecule has 0 atom stereocenters. The highest BCUT2D eigenvalue weighted by Gasteiger charge is 2.06. The molecule has 5 heteroatoms. The second-order valence-corrected chi connectivity index (χ2v) is 6.71. The minimum absolute atomic E-state index is 0.867. The van der Waals surface area contributed by atoms with Crippen LogP contribution in [0.3, 0.4) is 0 Å². The summed E-state index contributed by atoms with van der Waals surface area (Å²) < 4.78 is 1.17. The van der Waals surface area contributed by atoms with Crippen molar-refractivity contribution in [1.29, 1.82) is 0 Å². The Morgan fingerprint density at radius 2 is 2.26 bits per heavy atom. The molecule has 1 N–H and O–H groups in total. The molecule has 0 spiro atoms. The van der Waals surface area contributed by atoms with Crippen LogP contribution in [0.2, 0.25) is 0 Å². The maximum atomic E-state index is 4.62. The third-order valence-corrected chi connectivity index (χ3v) is 4.28. The van der Waals surface area contributed by atoms with Gasteiger partial charge in [0.15, 0.2) is 0 Å². The van der Waals surface area contributed by atoms with E-state index >= 15 is 0 Å². The Hall–Kier alpha value is -1.07. The van der Waals surface area contributed by atoms with Crippen molar-refractivity contribution in [3.05, 3.63) is 39.0 Å². The van der Waals surface area contributed by atoms with Gasteiger partial charge in [-0.1, -0.05) is 13.0 Å². The number of anilines is 2. The fraction of sp³-hybridized carbons (Fsp3) is 0.357. The van der Waals surface area contributed by atoms with E-state index in [0.29, 0.717) is 0 Å². The second-order valence-electron chi connectivity index (χ2n) is 4.42. The van der Waals surface area contributed by atoms with Crippen molar-refractivity contribution in [1.82, 2.24) is 4.98 Å². The van der Waals surface area contributed by atoms with Gasteiger partial charge in [0.25, 0.3) is 0 Å². The zero-order valence-corrected chi connectivity index (χ0v) is 13.6. The van der Waals surface area contributed by atoms with Crippen LogP contribution < -0.4 is 10.2 Å². The van der Waals surface area contributed by atoms with Crippen LogP contribution >= 0.6 is 27.3 Å². The van der Waals surface area contributed by atoms with E-state index in [-0.39, 0.29) is 0 Å². The minimum Gasteiger partial charge on any atom is -0.370 e. The molecule has 0 aliphatic carbocycles. The Kier molecular flexibility index (Phi) is 5.22. The summed E-state index contributed by atoms with van der Waals surface area (Å²) in [6, 6.07) is 8.24. The molecule has 2 aromatic rings. The first-order valence-corrected chi connectivity index (χ1v) is 8.01. The summed E-state index contributed by atoms with van der Waals surface area (Å²) in [6.45, 7) is 3.97. The quantitative estimate of drug-likeness (QED) is 0.847. The molecule has 2 heterocycles. The van der Waals surface area contributed by atoms with Crippen LogP contribution in [0.1, 0.15) is 18.9 Å².